The fourth-order valence-corrected chi connectivity index (χ4v) is 5.25. The number of carbonyl (C=O) groups excluding carboxylic acids is 1. The second kappa shape index (κ2) is 11.4. The molecule has 1 atom stereocenters. The Hall–Kier alpha value is -3.94. The highest BCUT2D eigenvalue weighted by molar-refractivity contribution is 6.36. The Kier molecular flexibility index (Phi) is 8.24. The number of aromatic nitrogens is 2. The third-order valence-corrected chi connectivity index (χ3v) is 7.42. The van der Waals surface area contributed by atoms with Crippen molar-refractivity contribution in [1.29, 1.82) is 0 Å². The molecule has 3 heterocycles. The number of nitrogens with zero attached hydrogens (tertiary/aromatic N) is 4. The molecule has 0 bridgehead atoms. The van der Waals surface area contributed by atoms with Crippen molar-refractivity contribution in [2.45, 2.75) is 46.6 Å². The highest BCUT2D eigenvalue weighted by atomic mass is 19.1. The largest absolute Gasteiger partial charge is 0.365 e. The fraction of sp³-hybridized carbons (Fsp3) is 0.323. The van der Waals surface area contributed by atoms with Crippen LogP contribution in [0.2, 0.25) is 0 Å². The van der Waals surface area contributed by atoms with E-state index in [1.165, 1.54) is 12.1 Å². The molecule has 1 saturated heterocycles. The quantitative estimate of drug-likeness (QED) is 0.358. The molecule has 8 heteroatoms. The molecule has 1 aromatic carbocycles. The van der Waals surface area contributed by atoms with Crippen LogP contribution < -0.4 is 10.8 Å². The van der Waals surface area contributed by atoms with E-state index in [1.807, 2.05) is 51.0 Å². The molecule has 1 aliphatic rings. The molecule has 1 amide bonds. The lowest BCUT2D eigenvalue weighted by molar-refractivity contribution is -0.128. The van der Waals surface area contributed by atoms with Crippen molar-refractivity contribution in [1.82, 2.24) is 19.8 Å². The summed E-state index contributed by atoms with van der Waals surface area (Å²) in [6.45, 7) is 20.1. The van der Waals surface area contributed by atoms with E-state index in [9.17, 15) is 4.79 Å². The molecule has 39 heavy (non-hydrogen) atoms. The van der Waals surface area contributed by atoms with Gasteiger partial charge in [0.2, 0.25) is 5.91 Å². The van der Waals surface area contributed by atoms with Gasteiger partial charge >= 0.3 is 0 Å². The highest BCUT2D eigenvalue weighted by Crippen LogP contribution is 2.35. The highest BCUT2D eigenvalue weighted by Gasteiger charge is 2.29. The number of piperazine rings is 1. The van der Waals surface area contributed by atoms with Crippen LogP contribution in [0.3, 0.4) is 0 Å². The number of anilines is 2. The van der Waals surface area contributed by atoms with Crippen LogP contribution in [0.1, 0.15) is 49.1 Å². The van der Waals surface area contributed by atoms with E-state index in [4.69, 9.17) is 4.98 Å². The van der Waals surface area contributed by atoms with Gasteiger partial charge < -0.3 is 15.1 Å². The lowest BCUT2D eigenvalue weighted by Crippen LogP contribution is -2.52. The van der Waals surface area contributed by atoms with Gasteiger partial charge in [0.25, 0.3) is 0 Å². The normalized spacial score (nSPS) is 15.4. The van der Waals surface area contributed by atoms with Gasteiger partial charge in [-0.2, -0.15) is 0 Å². The van der Waals surface area contributed by atoms with Crippen molar-refractivity contribution >= 4 is 36.4 Å². The van der Waals surface area contributed by atoms with Crippen LogP contribution in [-0.2, 0) is 4.79 Å². The van der Waals surface area contributed by atoms with Gasteiger partial charge in [0.05, 0.1) is 17.1 Å². The van der Waals surface area contributed by atoms with Crippen LogP contribution in [0.4, 0.5) is 15.9 Å². The average molecular weight is 525 g/mol. The Labute approximate surface area is 232 Å². The van der Waals surface area contributed by atoms with Gasteiger partial charge in [0.1, 0.15) is 19.5 Å². The van der Waals surface area contributed by atoms with Gasteiger partial charge in [0, 0.05) is 48.7 Å². The van der Waals surface area contributed by atoms with Crippen molar-refractivity contribution in [2.75, 3.05) is 25.0 Å². The maximum absolute atomic E-state index is 15.1. The van der Waals surface area contributed by atoms with E-state index in [2.05, 4.69) is 49.1 Å². The van der Waals surface area contributed by atoms with Crippen molar-refractivity contribution in [2.24, 2.45) is 0 Å². The van der Waals surface area contributed by atoms with Gasteiger partial charge in [0.15, 0.2) is 0 Å². The summed E-state index contributed by atoms with van der Waals surface area (Å²) < 4.78 is 15.1. The number of nitrogens with one attached hydrogen (secondary N) is 1. The predicted octanol–water partition coefficient (Wildman–Crippen LogP) is 4.71. The van der Waals surface area contributed by atoms with Crippen LogP contribution in [0, 0.1) is 19.7 Å². The molecule has 0 saturated carbocycles. The molecule has 4 rings (SSSR count). The molecular formula is C31H37BFN5O. The summed E-state index contributed by atoms with van der Waals surface area (Å²) in [4.78, 5) is 25.9. The van der Waals surface area contributed by atoms with Crippen molar-refractivity contribution < 1.29 is 9.18 Å². The van der Waals surface area contributed by atoms with Gasteiger partial charge in [-0.05, 0) is 56.0 Å². The summed E-state index contributed by atoms with van der Waals surface area (Å²) in [5.41, 5.74) is 7.26. The SMILES string of the molecule is Bc1cc(C(=C)N2CCN(C(=O)C=C)CC2C)c(Nc2c(C)ccnc2C(C)C)nc1-c1c(C)cccc1F. The van der Waals surface area contributed by atoms with Gasteiger partial charge in [-0.1, -0.05) is 50.7 Å². The van der Waals surface area contributed by atoms with Crippen LogP contribution in [0.15, 0.2) is 55.8 Å². The van der Waals surface area contributed by atoms with E-state index < -0.39 is 0 Å². The molecule has 1 N–H and O–H groups in total. The maximum Gasteiger partial charge on any atom is 0.246 e. The molecular weight excluding hydrogens is 488 g/mol. The smallest absolute Gasteiger partial charge is 0.246 e. The van der Waals surface area contributed by atoms with Gasteiger partial charge in [-0.15, -0.1) is 0 Å². The Balaban J connectivity index is 1.84. The van der Waals surface area contributed by atoms with Crippen molar-refractivity contribution in [3.63, 3.8) is 0 Å². The van der Waals surface area contributed by atoms with E-state index in [-0.39, 0.29) is 23.7 Å². The van der Waals surface area contributed by atoms with Crippen LogP contribution in [-0.4, -0.2) is 59.2 Å². The van der Waals surface area contributed by atoms with Crippen molar-refractivity contribution in [3.8, 4) is 11.3 Å². The second-order valence-electron chi connectivity index (χ2n) is 10.6. The number of amides is 1. The minimum absolute atomic E-state index is 0.0446. The number of pyridine rings is 2. The zero-order chi connectivity index (χ0) is 28.4. The number of hydrogen-bond donors (Lipinski definition) is 1. The molecule has 202 valence electrons. The first-order valence-electron chi connectivity index (χ1n) is 13.4. The molecule has 1 aliphatic heterocycles. The maximum atomic E-state index is 15.1. The standard InChI is InChI=1S/C31H37BFN5O/c1-8-26(39)37-14-15-38(21(6)17-37)22(7)23-16-24(32)30(27-19(4)10-9-11-25(27)33)36-31(23)35-29-20(5)12-13-34-28(29)18(2)3/h8-13,16,18,21H,1,7,14-15,17,32H2,2-6H3,(H,35,36). The summed E-state index contributed by atoms with van der Waals surface area (Å²) in [5.74, 6) is 0.413. The summed E-state index contributed by atoms with van der Waals surface area (Å²) in [5, 5.41) is 3.58. The zero-order valence-corrected chi connectivity index (χ0v) is 23.8. The Bertz CT molecular complexity index is 1420. The van der Waals surface area contributed by atoms with Gasteiger partial charge in [-0.25, -0.2) is 9.37 Å². The van der Waals surface area contributed by atoms with E-state index in [0.29, 0.717) is 36.7 Å². The number of rotatable bonds is 7. The Morgan fingerprint density at radius 1 is 1.23 bits per heavy atom. The minimum atomic E-state index is -0.305. The number of carbonyl (C=O) groups is 1. The number of benzene rings is 1. The Morgan fingerprint density at radius 2 is 1.97 bits per heavy atom. The summed E-state index contributed by atoms with van der Waals surface area (Å²) in [6.07, 6.45) is 3.18. The second-order valence-corrected chi connectivity index (χ2v) is 10.6. The van der Waals surface area contributed by atoms with E-state index in [1.54, 1.807) is 6.07 Å². The summed E-state index contributed by atoms with van der Waals surface area (Å²) >= 11 is 0. The van der Waals surface area contributed by atoms with E-state index >= 15 is 4.39 Å². The van der Waals surface area contributed by atoms with Crippen LogP contribution in [0.5, 0.6) is 0 Å². The summed E-state index contributed by atoms with van der Waals surface area (Å²) in [6, 6.07) is 9.13. The predicted molar refractivity (Wildman–Crippen MR) is 161 cm³/mol. The Morgan fingerprint density at radius 3 is 2.62 bits per heavy atom. The third kappa shape index (κ3) is 5.60. The number of hydrogen-bond acceptors (Lipinski definition) is 5. The molecule has 1 unspecified atom stereocenters. The zero-order valence-electron chi connectivity index (χ0n) is 23.8. The molecule has 2 aromatic heterocycles. The molecule has 1 fully saturated rings. The molecule has 0 aliphatic carbocycles. The topological polar surface area (TPSA) is 61.4 Å². The lowest BCUT2D eigenvalue weighted by Gasteiger charge is -2.42. The minimum Gasteiger partial charge on any atom is -0.365 e. The average Bonchev–Trinajstić information content (AvgIpc) is 2.90. The first-order chi connectivity index (χ1) is 18.5. The number of halogens is 1. The number of aryl methyl sites for hydroxylation is 2. The molecule has 0 spiro atoms. The fourth-order valence-electron chi connectivity index (χ4n) is 5.25. The lowest BCUT2D eigenvalue weighted by atomic mass is 9.87. The van der Waals surface area contributed by atoms with Crippen LogP contribution in [0.25, 0.3) is 17.0 Å². The van der Waals surface area contributed by atoms with Crippen molar-refractivity contribution in [3.05, 3.63) is 84.0 Å². The third-order valence-electron chi connectivity index (χ3n) is 7.42. The summed E-state index contributed by atoms with van der Waals surface area (Å²) in [7, 11) is 1.95. The molecule has 6 nitrogen and oxygen atoms in total. The monoisotopic (exact) mass is 525 g/mol. The van der Waals surface area contributed by atoms with E-state index in [0.717, 1.165) is 39.2 Å². The first-order valence-corrected chi connectivity index (χ1v) is 13.4. The van der Waals surface area contributed by atoms with Gasteiger partial charge in [-0.3, -0.25) is 9.78 Å². The molecule has 3 aromatic rings. The van der Waals surface area contributed by atoms with Crippen LogP contribution >= 0.6 is 0 Å². The molecule has 0 radical (unpaired) electrons. The first kappa shape index (κ1) is 28.1.